The second-order valence-electron chi connectivity index (χ2n) is 5.48. The molecule has 1 saturated carbocycles. The van der Waals surface area contributed by atoms with E-state index in [4.69, 9.17) is 5.73 Å². The van der Waals surface area contributed by atoms with Crippen molar-refractivity contribution >= 4 is 0 Å². The fourth-order valence-electron chi connectivity index (χ4n) is 2.92. The van der Waals surface area contributed by atoms with Crippen LogP contribution in [0.4, 0.5) is 8.78 Å². The van der Waals surface area contributed by atoms with E-state index in [9.17, 15) is 8.78 Å². The summed E-state index contributed by atoms with van der Waals surface area (Å²) in [5.41, 5.74) is 6.35. The van der Waals surface area contributed by atoms with E-state index < -0.39 is 5.82 Å². The Bertz CT molecular complexity index is 405. The molecule has 0 saturated heterocycles. The summed E-state index contributed by atoms with van der Waals surface area (Å²) in [6.07, 6.45) is 4.48. The summed E-state index contributed by atoms with van der Waals surface area (Å²) in [6, 6.07) is 3.59. The Morgan fingerprint density at radius 1 is 1.41 bits per heavy atom. The maximum atomic E-state index is 13.6. The first-order chi connectivity index (χ1) is 7.98. The third-order valence-corrected chi connectivity index (χ3v) is 3.68. The molecular weight excluding hydrogens is 220 g/mol. The van der Waals surface area contributed by atoms with Crippen LogP contribution in [-0.4, -0.2) is 5.54 Å². The maximum absolute atomic E-state index is 13.6. The Kier molecular flexibility index (Phi) is 3.48. The van der Waals surface area contributed by atoms with E-state index in [0.29, 0.717) is 17.9 Å². The standard InChI is InChI=1S/C14H19F2N/c1-10-3-2-6-14(17,8-10)9-11-7-12(15)4-5-13(11)16/h4-5,7,10H,2-3,6,8-9,17H2,1H3. The first-order valence-corrected chi connectivity index (χ1v) is 6.21. The summed E-state index contributed by atoms with van der Waals surface area (Å²) in [5.74, 6) is -0.173. The highest BCUT2D eigenvalue weighted by Crippen LogP contribution is 2.33. The minimum absolute atomic E-state index is 0.352. The van der Waals surface area contributed by atoms with E-state index in [0.717, 1.165) is 25.3 Å². The van der Waals surface area contributed by atoms with Gasteiger partial charge in [-0.3, -0.25) is 0 Å². The lowest BCUT2D eigenvalue weighted by molar-refractivity contribution is 0.233. The second kappa shape index (κ2) is 4.73. The molecule has 0 bridgehead atoms. The molecule has 1 aromatic carbocycles. The SMILES string of the molecule is CC1CCCC(N)(Cc2cc(F)ccc2F)C1. The van der Waals surface area contributed by atoms with E-state index in [1.165, 1.54) is 18.6 Å². The van der Waals surface area contributed by atoms with Crippen LogP contribution in [0.3, 0.4) is 0 Å². The first kappa shape index (κ1) is 12.5. The van der Waals surface area contributed by atoms with Crippen LogP contribution in [0.15, 0.2) is 18.2 Å². The lowest BCUT2D eigenvalue weighted by Gasteiger charge is -2.37. The van der Waals surface area contributed by atoms with E-state index >= 15 is 0 Å². The fourth-order valence-corrected chi connectivity index (χ4v) is 2.92. The van der Waals surface area contributed by atoms with Crippen molar-refractivity contribution < 1.29 is 8.78 Å². The van der Waals surface area contributed by atoms with Gasteiger partial charge in [-0.1, -0.05) is 19.8 Å². The predicted molar refractivity (Wildman–Crippen MR) is 64.6 cm³/mol. The minimum atomic E-state index is -0.395. The van der Waals surface area contributed by atoms with Crippen LogP contribution in [0.2, 0.25) is 0 Å². The summed E-state index contributed by atoms with van der Waals surface area (Å²) in [4.78, 5) is 0. The van der Waals surface area contributed by atoms with Gasteiger partial charge in [0, 0.05) is 5.54 Å². The molecule has 0 heterocycles. The van der Waals surface area contributed by atoms with Gasteiger partial charge in [0.05, 0.1) is 0 Å². The molecule has 1 fully saturated rings. The molecule has 1 nitrogen and oxygen atoms in total. The summed E-state index contributed by atoms with van der Waals surface area (Å²) in [5, 5.41) is 0. The Labute approximate surface area is 101 Å². The van der Waals surface area contributed by atoms with Gasteiger partial charge in [-0.15, -0.1) is 0 Å². The Balaban J connectivity index is 2.16. The average Bonchev–Trinajstić information content (AvgIpc) is 2.22. The summed E-state index contributed by atoms with van der Waals surface area (Å²) >= 11 is 0. The lowest BCUT2D eigenvalue weighted by atomic mass is 9.74. The van der Waals surface area contributed by atoms with Crippen molar-refractivity contribution in [1.82, 2.24) is 0 Å². The van der Waals surface area contributed by atoms with E-state index in [-0.39, 0.29) is 11.4 Å². The number of nitrogens with two attached hydrogens (primary N) is 1. The van der Waals surface area contributed by atoms with Gasteiger partial charge in [-0.25, -0.2) is 8.78 Å². The molecule has 0 radical (unpaired) electrons. The second-order valence-corrected chi connectivity index (χ2v) is 5.48. The van der Waals surface area contributed by atoms with E-state index in [2.05, 4.69) is 6.92 Å². The highest BCUT2D eigenvalue weighted by molar-refractivity contribution is 5.21. The van der Waals surface area contributed by atoms with Crippen LogP contribution < -0.4 is 5.73 Å². The maximum Gasteiger partial charge on any atom is 0.126 e. The zero-order valence-electron chi connectivity index (χ0n) is 10.2. The van der Waals surface area contributed by atoms with Crippen LogP contribution in [0, 0.1) is 17.6 Å². The molecule has 3 heteroatoms. The van der Waals surface area contributed by atoms with Gasteiger partial charge < -0.3 is 5.73 Å². The van der Waals surface area contributed by atoms with Gasteiger partial charge in [-0.05, 0) is 48.9 Å². The van der Waals surface area contributed by atoms with E-state index in [1.807, 2.05) is 0 Å². The van der Waals surface area contributed by atoms with Crippen LogP contribution in [0.5, 0.6) is 0 Å². The number of hydrogen-bond donors (Lipinski definition) is 1. The molecule has 17 heavy (non-hydrogen) atoms. The molecule has 1 aromatic rings. The van der Waals surface area contributed by atoms with E-state index in [1.54, 1.807) is 0 Å². The van der Waals surface area contributed by atoms with Crippen molar-refractivity contribution in [2.45, 2.75) is 44.6 Å². The zero-order chi connectivity index (χ0) is 12.5. The molecule has 0 spiro atoms. The number of hydrogen-bond acceptors (Lipinski definition) is 1. The number of halogens is 2. The minimum Gasteiger partial charge on any atom is -0.325 e. The first-order valence-electron chi connectivity index (χ1n) is 6.21. The quantitative estimate of drug-likeness (QED) is 0.840. The Hall–Kier alpha value is -0.960. The van der Waals surface area contributed by atoms with Crippen molar-refractivity contribution in [1.29, 1.82) is 0 Å². The Morgan fingerprint density at radius 2 is 2.18 bits per heavy atom. The fraction of sp³-hybridized carbons (Fsp3) is 0.571. The largest absolute Gasteiger partial charge is 0.325 e. The molecule has 1 aliphatic rings. The topological polar surface area (TPSA) is 26.0 Å². The van der Waals surface area contributed by atoms with Crippen LogP contribution in [-0.2, 0) is 6.42 Å². The summed E-state index contributed by atoms with van der Waals surface area (Å²) < 4.78 is 26.7. The monoisotopic (exact) mass is 239 g/mol. The van der Waals surface area contributed by atoms with Crippen LogP contribution in [0.1, 0.15) is 38.2 Å². The third-order valence-electron chi connectivity index (χ3n) is 3.68. The molecular formula is C14H19F2N. The number of rotatable bonds is 2. The highest BCUT2D eigenvalue weighted by atomic mass is 19.1. The molecule has 2 rings (SSSR count). The van der Waals surface area contributed by atoms with Gasteiger partial charge >= 0.3 is 0 Å². The van der Waals surface area contributed by atoms with Gasteiger partial charge in [0.25, 0.3) is 0 Å². The van der Waals surface area contributed by atoms with Gasteiger partial charge in [0.2, 0.25) is 0 Å². The molecule has 94 valence electrons. The molecule has 0 amide bonds. The Morgan fingerprint density at radius 3 is 2.88 bits per heavy atom. The average molecular weight is 239 g/mol. The van der Waals surface area contributed by atoms with Gasteiger partial charge in [0.1, 0.15) is 11.6 Å². The van der Waals surface area contributed by atoms with Crippen molar-refractivity contribution in [2.24, 2.45) is 11.7 Å². The lowest BCUT2D eigenvalue weighted by Crippen LogP contribution is -2.46. The van der Waals surface area contributed by atoms with Crippen molar-refractivity contribution in [3.8, 4) is 0 Å². The van der Waals surface area contributed by atoms with Crippen molar-refractivity contribution in [3.05, 3.63) is 35.4 Å². The molecule has 1 aliphatic carbocycles. The molecule has 2 N–H and O–H groups in total. The van der Waals surface area contributed by atoms with Crippen molar-refractivity contribution in [3.63, 3.8) is 0 Å². The normalized spacial score (nSPS) is 29.3. The van der Waals surface area contributed by atoms with Gasteiger partial charge in [0.15, 0.2) is 0 Å². The number of benzene rings is 1. The predicted octanol–water partition coefficient (Wildman–Crippen LogP) is 3.41. The van der Waals surface area contributed by atoms with Crippen molar-refractivity contribution in [2.75, 3.05) is 0 Å². The van der Waals surface area contributed by atoms with Gasteiger partial charge in [-0.2, -0.15) is 0 Å². The molecule has 2 atom stereocenters. The molecule has 0 aromatic heterocycles. The zero-order valence-corrected chi connectivity index (χ0v) is 10.2. The van der Waals surface area contributed by atoms with Crippen LogP contribution in [0.25, 0.3) is 0 Å². The third kappa shape index (κ3) is 3.03. The smallest absolute Gasteiger partial charge is 0.126 e. The van der Waals surface area contributed by atoms with Crippen LogP contribution >= 0.6 is 0 Å². The molecule has 2 unspecified atom stereocenters. The summed E-state index contributed by atoms with van der Waals surface area (Å²) in [6.45, 7) is 2.17. The highest BCUT2D eigenvalue weighted by Gasteiger charge is 2.31. The molecule has 0 aliphatic heterocycles. The summed E-state index contributed by atoms with van der Waals surface area (Å²) in [7, 11) is 0.